The number of nitrogens with two attached hydrogens (primary N) is 1. The molecule has 0 fully saturated rings. The SMILES string of the molecule is CCCCOCCn1c(-c2c(C)noc2C)csc1=Nc1ccc(C(N)=O)cc1. The number of unbranched alkanes of at least 4 members (excludes halogenated alkanes) is 1. The number of carbonyl (C=O) groups excluding carboxylic acids is 1. The predicted octanol–water partition coefficient (Wildman–Crippen LogP) is 3.97. The normalized spacial score (nSPS) is 11.9. The summed E-state index contributed by atoms with van der Waals surface area (Å²) in [6.45, 7) is 8.01. The minimum atomic E-state index is -0.451. The Labute approximate surface area is 173 Å². The zero-order valence-corrected chi connectivity index (χ0v) is 17.8. The molecule has 8 heteroatoms. The standard InChI is InChI=1S/C21H26N4O3S/c1-4-5-11-27-12-10-25-18(19-14(2)24-28-15(19)3)13-29-21(25)23-17-8-6-16(7-9-17)20(22)26/h6-9,13H,4-5,10-12H2,1-3H3,(H2,22,26). The van der Waals surface area contributed by atoms with Gasteiger partial charge in [-0.3, -0.25) is 4.79 Å². The van der Waals surface area contributed by atoms with Gasteiger partial charge in [-0.05, 0) is 44.5 Å². The maximum atomic E-state index is 11.3. The van der Waals surface area contributed by atoms with E-state index in [1.165, 1.54) is 0 Å². The van der Waals surface area contributed by atoms with Crippen LogP contribution in [0.5, 0.6) is 0 Å². The van der Waals surface area contributed by atoms with E-state index < -0.39 is 5.91 Å². The summed E-state index contributed by atoms with van der Waals surface area (Å²) >= 11 is 1.55. The fourth-order valence-electron chi connectivity index (χ4n) is 3.00. The summed E-state index contributed by atoms with van der Waals surface area (Å²) in [5.41, 5.74) is 9.37. The van der Waals surface area contributed by atoms with Crippen molar-refractivity contribution in [1.82, 2.24) is 9.72 Å². The van der Waals surface area contributed by atoms with Crippen molar-refractivity contribution in [1.29, 1.82) is 0 Å². The molecule has 0 aliphatic rings. The number of carbonyl (C=O) groups is 1. The first-order valence-corrected chi connectivity index (χ1v) is 10.5. The quantitative estimate of drug-likeness (QED) is 0.536. The van der Waals surface area contributed by atoms with Crippen LogP contribution in [-0.4, -0.2) is 28.8 Å². The highest BCUT2D eigenvalue weighted by atomic mass is 32.1. The van der Waals surface area contributed by atoms with Crippen LogP contribution in [0, 0.1) is 13.8 Å². The van der Waals surface area contributed by atoms with Gasteiger partial charge >= 0.3 is 0 Å². The summed E-state index contributed by atoms with van der Waals surface area (Å²) in [6, 6.07) is 6.94. The number of primary amides is 1. The van der Waals surface area contributed by atoms with E-state index in [4.69, 9.17) is 20.0 Å². The number of hydrogen-bond acceptors (Lipinski definition) is 6. The van der Waals surface area contributed by atoms with Gasteiger partial charge in [-0.15, -0.1) is 11.3 Å². The van der Waals surface area contributed by atoms with Crippen molar-refractivity contribution in [3.63, 3.8) is 0 Å². The largest absolute Gasteiger partial charge is 0.380 e. The molecule has 0 radical (unpaired) electrons. The maximum Gasteiger partial charge on any atom is 0.248 e. The third-order valence-electron chi connectivity index (χ3n) is 4.57. The Kier molecular flexibility index (Phi) is 7.00. The number of nitrogens with zero attached hydrogens (tertiary/aromatic N) is 3. The van der Waals surface area contributed by atoms with E-state index in [0.29, 0.717) is 18.7 Å². The number of amides is 1. The van der Waals surface area contributed by atoms with Gasteiger partial charge in [0.15, 0.2) is 4.80 Å². The van der Waals surface area contributed by atoms with Crippen LogP contribution in [0.15, 0.2) is 39.2 Å². The van der Waals surface area contributed by atoms with Gasteiger partial charge < -0.3 is 19.6 Å². The number of aryl methyl sites for hydroxylation is 2. The highest BCUT2D eigenvalue weighted by Crippen LogP contribution is 2.27. The zero-order valence-electron chi connectivity index (χ0n) is 17.0. The highest BCUT2D eigenvalue weighted by Gasteiger charge is 2.17. The number of hydrogen-bond donors (Lipinski definition) is 1. The first-order chi connectivity index (χ1) is 14.0. The van der Waals surface area contributed by atoms with Gasteiger partial charge in [0.05, 0.1) is 29.2 Å². The fraction of sp³-hybridized carbons (Fsp3) is 0.381. The van der Waals surface area contributed by atoms with E-state index in [9.17, 15) is 4.79 Å². The fourth-order valence-corrected chi connectivity index (χ4v) is 3.94. The maximum absolute atomic E-state index is 11.3. The third-order valence-corrected chi connectivity index (χ3v) is 5.43. The van der Waals surface area contributed by atoms with Gasteiger partial charge in [-0.1, -0.05) is 18.5 Å². The van der Waals surface area contributed by atoms with Crippen molar-refractivity contribution in [2.45, 2.75) is 40.2 Å². The molecule has 0 saturated heterocycles. The Morgan fingerprint density at radius 3 is 2.66 bits per heavy atom. The Hall–Kier alpha value is -2.71. The molecule has 7 nitrogen and oxygen atoms in total. The zero-order chi connectivity index (χ0) is 20.8. The van der Waals surface area contributed by atoms with E-state index in [1.807, 2.05) is 13.8 Å². The Balaban J connectivity index is 1.96. The lowest BCUT2D eigenvalue weighted by Crippen LogP contribution is -2.19. The molecule has 0 aliphatic carbocycles. The van der Waals surface area contributed by atoms with E-state index >= 15 is 0 Å². The first kappa shape index (κ1) is 21.0. The van der Waals surface area contributed by atoms with Crippen LogP contribution in [0.1, 0.15) is 41.6 Å². The van der Waals surface area contributed by atoms with Crippen molar-refractivity contribution in [2.75, 3.05) is 13.2 Å². The van der Waals surface area contributed by atoms with Crippen LogP contribution >= 0.6 is 11.3 Å². The van der Waals surface area contributed by atoms with Gasteiger partial charge in [0.1, 0.15) is 5.76 Å². The second-order valence-corrected chi connectivity index (χ2v) is 7.58. The number of aromatic nitrogens is 2. The molecule has 3 aromatic rings. The molecular weight excluding hydrogens is 388 g/mol. The molecule has 2 N–H and O–H groups in total. The van der Waals surface area contributed by atoms with Gasteiger partial charge in [0, 0.05) is 24.1 Å². The monoisotopic (exact) mass is 414 g/mol. The molecule has 0 unspecified atom stereocenters. The van der Waals surface area contributed by atoms with Gasteiger partial charge in [-0.2, -0.15) is 0 Å². The molecule has 0 bridgehead atoms. The van der Waals surface area contributed by atoms with Crippen molar-refractivity contribution in [2.24, 2.45) is 10.7 Å². The first-order valence-electron chi connectivity index (χ1n) is 9.65. The smallest absolute Gasteiger partial charge is 0.248 e. The van der Waals surface area contributed by atoms with Gasteiger partial charge in [-0.25, -0.2) is 4.99 Å². The van der Waals surface area contributed by atoms with E-state index in [-0.39, 0.29) is 0 Å². The van der Waals surface area contributed by atoms with Crippen LogP contribution in [-0.2, 0) is 11.3 Å². The molecule has 1 aromatic carbocycles. The molecule has 0 atom stereocenters. The molecule has 3 rings (SSSR count). The minimum Gasteiger partial charge on any atom is -0.380 e. The summed E-state index contributed by atoms with van der Waals surface area (Å²) in [6.07, 6.45) is 2.16. The number of ether oxygens (including phenoxy) is 1. The Morgan fingerprint density at radius 1 is 1.28 bits per heavy atom. The van der Waals surface area contributed by atoms with Crippen LogP contribution in [0.3, 0.4) is 0 Å². The number of benzene rings is 1. The highest BCUT2D eigenvalue weighted by molar-refractivity contribution is 7.07. The molecule has 0 spiro atoms. The summed E-state index contributed by atoms with van der Waals surface area (Å²) in [5.74, 6) is 0.325. The van der Waals surface area contributed by atoms with Crippen molar-refractivity contribution in [3.05, 3.63) is 51.5 Å². The molecule has 2 aromatic heterocycles. The lowest BCUT2D eigenvalue weighted by atomic mass is 10.1. The molecule has 2 heterocycles. The molecule has 0 aliphatic heterocycles. The topological polar surface area (TPSA) is 95.6 Å². The molecule has 1 amide bonds. The van der Waals surface area contributed by atoms with Gasteiger partial charge in [0.25, 0.3) is 0 Å². The number of rotatable bonds is 9. The molecule has 29 heavy (non-hydrogen) atoms. The average Bonchev–Trinajstić information content (AvgIpc) is 3.24. The summed E-state index contributed by atoms with van der Waals surface area (Å²) in [7, 11) is 0. The van der Waals surface area contributed by atoms with Crippen LogP contribution in [0.4, 0.5) is 5.69 Å². The summed E-state index contributed by atoms with van der Waals surface area (Å²) in [5, 5.41) is 6.15. The molecule has 0 saturated carbocycles. The minimum absolute atomic E-state index is 0.451. The van der Waals surface area contributed by atoms with Crippen molar-refractivity contribution < 1.29 is 14.1 Å². The molecule has 154 valence electrons. The lowest BCUT2D eigenvalue weighted by Gasteiger charge is -2.09. The average molecular weight is 415 g/mol. The number of thiazole rings is 1. The van der Waals surface area contributed by atoms with Crippen LogP contribution in [0.2, 0.25) is 0 Å². The Morgan fingerprint density at radius 2 is 2.03 bits per heavy atom. The predicted molar refractivity (Wildman–Crippen MR) is 113 cm³/mol. The Bertz CT molecular complexity index is 1010. The van der Waals surface area contributed by atoms with E-state index in [2.05, 4.69) is 22.0 Å². The molecular formula is C21H26N4O3S. The summed E-state index contributed by atoms with van der Waals surface area (Å²) < 4.78 is 13.3. The van der Waals surface area contributed by atoms with Crippen LogP contribution in [0.25, 0.3) is 11.3 Å². The van der Waals surface area contributed by atoms with E-state index in [0.717, 1.165) is 52.6 Å². The second kappa shape index (κ2) is 9.67. The van der Waals surface area contributed by atoms with Crippen molar-refractivity contribution >= 4 is 22.9 Å². The van der Waals surface area contributed by atoms with Crippen molar-refractivity contribution in [3.8, 4) is 11.3 Å². The second-order valence-electron chi connectivity index (χ2n) is 6.74. The lowest BCUT2D eigenvalue weighted by molar-refractivity contribution is 0.100. The third kappa shape index (κ3) is 5.02. The van der Waals surface area contributed by atoms with E-state index in [1.54, 1.807) is 35.6 Å². The van der Waals surface area contributed by atoms with Crippen LogP contribution < -0.4 is 10.5 Å². The summed E-state index contributed by atoms with van der Waals surface area (Å²) in [4.78, 5) is 16.9. The van der Waals surface area contributed by atoms with Gasteiger partial charge in [0.2, 0.25) is 5.91 Å².